The molecule has 1 fully saturated rings. The van der Waals surface area contributed by atoms with Crippen LogP contribution in [0.5, 0.6) is 0 Å². The Morgan fingerprint density at radius 3 is 2.71 bits per heavy atom. The number of anilines is 1. The van der Waals surface area contributed by atoms with Crippen molar-refractivity contribution in [2.75, 3.05) is 16.8 Å². The average Bonchev–Trinajstić information content (AvgIpc) is 2.40. The van der Waals surface area contributed by atoms with Gasteiger partial charge in [-0.15, -0.1) is 0 Å². The summed E-state index contributed by atoms with van der Waals surface area (Å²) in [5.74, 6) is 3.27. The Kier molecular flexibility index (Phi) is 4.78. The van der Waals surface area contributed by atoms with Gasteiger partial charge in [-0.3, -0.25) is 0 Å². The molecule has 2 atom stereocenters. The third kappa shape index (κ3) is 3.67. The summed E-state index contributed by atoms with van der Waals surface area (Å²) in [6, 6.07) is 9.68. The predicted octanol–water partition coefficient (Wildman–Crippen LogP) is 4.51. The Labute approximate surface area is 109 Å². The summed E-state index contributed by atoms with van der Waals surface area (Å²) in [4.78, 5) is 0. The molecule has 0 radical (unpaired) electrons. The van der Waals surface area contributed by atoms with E-state index in [-0.39, 0.29) is 0 Å². The molecule has 2 heteroatoms. The number of nitrogens with one attached hydrogen (secondary N) is 1. The number of thioether (sulfide) groups is 1. The molecule has 2 unspecified atom stereocenters. The van der Waals surface area contributed by atoms with Crippen LogP contribution in [-0.4, -0.2) is 17.5 Å². The smallest absolute Gasteiger partial charge is 0.0352 e. The largest absolute Gasteiger partial charge is 0.381 e. The lowest BCUT2D eigenvalue weighted by atomic mass is 9.98. The zero-order valence-electron chi connectivity index (χ0n) is 10.9. The summed E-state index contributed by atoms with van der Waals surface area (Å²) in [6.45, 7) is 4.54. The fourth-order valence-corrected chi connectivity index (χ4v) is 3.31. The standard InChI is InChI=1S/C15H23NS/c1-3-12(2)13-6-8-14(9-7-13)16-15-5-4-10-17-11-15/h6-9,12,15-16H,3-5,10-11H2,1-2H3. The molecule has 17 heavy (non-hydrogen) atoms. The van der Waals surface area contributed by atoms with Crippen LogP contribution in [-0.2, 0) is 0 Å². The van der Waals surface area contributed by atoms with Crippen LogP contribution in [0.3, 0.4) is 0 Å². The summed E-state index contributed by atoms with van der Waals surface area (Å²) in [5, 5.41) is 3.64. The second-order valence-corrected chi connectivity index (χ2v) is 6.14. The fourth-order valence-electron chi connectivity index (χ4n) is 2.23. The Morgan fingerprint density at radius 2 is 2.12 bits per heavy atom. The summed E-state index contributed by atoms with van der Waals surface area (Å²) in [5.41, 5.74) is 2.74. The second kappa shape index (κ2) is 6.34. The first kappa shape index (κ1) is 12.8. The van der Waals surface area contributed by atoms with Crippen molar-refractivity contribution in [2.45, 2.75) is 45.1 Å². The molecule has 0 bridgehead atoms. The number of hydrogen-bond donors (Lipinski definition) is 1. The monoisotopic (exact) mass is 249 g/mol. The molecule has 0 amide bonds. The quantitative estimate of drug-likeness (QED) is 0.842. The zero-order chi connectivity index (χ0) is 12.1. The van der Waals surface area contributed by atoms with Gasteiger partial charge in [0, 0.05) is 17.5 Å². The molecule has 0 aromatic heterocycles. The van der Waals surface area contributed by atoms with Gasteiger partial charge < -0.3 is 5.32 Å². The van der Waals surface area contributed by atoms with Crippen LogP contribution in [0.25, 0.3) is 0 Å². The second-order valence-electron chi connectivity index (χ2n) is 4.99. The highest BCUT2D eigenvalue weighted by atomic mass is 32.2. The minimum absolute atomic E-state index is 0.670. The van der Waals surface area contributed by atoms with Crippen LogP contribution in [0.2, 0.25) is 0 Å². The maximum atomic E-state index is 3.64. The van der Waals surface area contributed by atoms with E-state index in [0.29, 0.717) is 12.0 Å². The molecule has 1 aromatic rings. The molecule has 1 aliphatic heterocycles. The van der Waals surface area contributed by atoms with Crippen LogP contribution in [0.1, 0.15) is 44.6 Å². The molecule has 1 nitrogen and oxygen atoms in total. The molecule has 0 saturated carbocycles. The van der Waals surface area contributed by atoms with Crippen molar-refractivity contribution in [3.63, 3.8) is 0 Å². The van der Waals surface area contributed by atoms with Crippen molar-refractivity contribution >= 4 is 17.4 Å². The first-order valence-corrected chi connectivity index (χ1v) is 7.89. The fraction of sp³-hybridized carbons (Fsp3) is 0.600. The Morgan fingerprint density at radius 1 is 1.35 bits per heavy atom. The van der Waals surface area contributed by atoms with E-state index in [9.17, 15) is 0 Å². The highest BCUT2D eigenvalue weighted by Crippen LogP contribution is 2.23. The highest BCUT2D eigenvalue weighted by molar-refractivity contribution is 7.99. The first-order valence-electron chi connectivity index (χ1n) is 6.74. The minimum atomic E-state index is 0.670. The van der Waals surface area contributed by atoms with Gasteiger partial charge >= 0.3 is 0 Å². The van der Waals surface area contributed by atoms with Gasteiger partial charge in [0.25, 0.3) is 0 Å². The van der Waals surface area contributed by atoms with E-state index in [1.807, 2.05) is 0 Å². The molecular formula is C15H23NS. The van der Waals surface area contributed by atoms with Crippen LogP contribution >= 0.6 is 11.8 Å². The maximum absolute atomic E-state index is 3.64. The van der Waals surface area contributed by atoms with Crippen molar-refractivity contribution < 1.29 is 0 Å². The van der Waals surface area contributed by atoms with Gasteiger partial charge in [-0.2, -0.15) is 11.8 Å². The summed E-state index contributed by atoms with van der Waals surface area (Å²) in [6.07, 6.45) is 3.89. The molecule has 94 valence electrons. The summed E-state index contributed by atoms with van der Waals surface area (Å²) >= 11 is 2.07. The highest BCUT2D eigenvalue weighted by Gasteiger charge is 2.13. The van der Waals surface area contributed by atoms with E-state index >= 15 is 0 Å². The van der Waals surface area contributed by atoms with Crippen molar-refractivity contribution in [2.24, 2.45) is 0 Å². The van der Waals surface area contributed by atoms with E-state index in [4.69, 9.17) is 0 Å². The molecule has 1 aliphatic rings. The molecule has 1 heterocycles. The Hall–Kier alpha value is -0.630. The summed E-state index contributed by atoms with van der Waals surface area (Å²) < 4.78 is 0. The van der Waals surface area contributed by atoms with Gasteiger partial charge in [-0.1, -0.05) is 26.0 Å². The molecule has 2 rings (SSSR count). The average molecular weight is 249 g/mol. The Bertz CT molecular complexity index is 327. The Balaban J connectivity index is 1.93. The normalized spacial score (nSPS) is 22.1. The molecule has 1 N–H and O–H groups in total. The topological polar surface area (TPSA) is 12.0 Å². The van der Waals surface area contributed by atoms with Crippen LogP contribution in [0.4, 0.5) is 5.69 Å². The van der Waals surface area contributed by atoms with Gasteiger partial charge in [0.05, 0.1) is 0 Å². The van der Waals surface area contributed by atoms with Gasteiger partial charge in [0.1, 0.15) is 0 Å². The predicted molar refractivity (Wildman–Crippen MR) is 79.1 cm³/mol. The first-order chi connectivity index (χ1) is 8.29. The third-order valence-corrected chi connectivity index (χ3v) is 4.84. The van der Waals surface area contributed by atoms with Gasteiger partial charge in [0.2, 0.25) is 0 Å². The van der Waals surface area contributed by atoms with Gasteiger partial charge in [-0.25, -0.2) is 0 Å². The van der Waals surface area contributed by atoms with Crippen molar-refractivity contribution in [1.82, 2.24) is 0 Å². The van der Waals surface area contributed by atoms with Crippen LogP contribution in [0.15, 0.2) is 24.3 Å². The zero-order valence-corrected chi connectivity index (χ0v) is 11.7. The van der Waals surface area contributed by atoms with E-state index in [2.05, 4.69) is 55.2 Å². The van der Waals surface area contributed by atoms with E-state index in [0.717, 1.165) is 0 Å². The number of hydrogen-bond acceptors (Lipinski definition) is 2. The minimum Gasteiger partial charge on any atom is -0.381 e. The van der Waals surface area contributed by atoms with Crippen LogP contribution < -0.4 is 5.32 Å². The van der Waals surface area contributed by atoms with Gasteiger partial charge in [0.15, 0.2) is 0 Å². The lowest BCUT2D eigenvalue weighted by molar-refractivity contribution is 0.685. The molecule has 1 aromatic carbocycles. The lowest BCUT2D eigenvalue weighted by Crippen LogP contribution is -2.25. The van der Waals surface area contributed by atoms with Crippen LogP contribution in [0, 0.1) is 0 Å². The van der Waals surface area contributed by atoms with E-state index < -0.39 is 0 Å². The van der Waals surface area contributed by atoms with Crippen molar-refractivity contribution in [3.05, 3.63) is 29.8 Å². The van der Waals surface area contributed by atoms with Crippen molar-refractivity contribution in [1.29, 1.82) is 0 Å². The maximum Gasteiger partial charge on any atom is 0.0352 e. The number of benzene rings is 1. The molecule has 0 spiro atoms. The molecular weight excluding hydrogens is 226 g/mol. The number of rotatable bonds is 4. The lowest BCUT2D eigenvalue weighted by Gasteiger charge is -2.23. The molecule has 1 saturated heterocycles. The summed E-state index contributed by atoms with van der Waals surface area (Å²) in [7, 11) is 0. The van der Waals surface area contributed by atoms with Gasteiger partial charge in [-0.05, 0) is 48.6 Å². The third-order valence-electron chi connectivity index (χ3n) is 3.62. The molecule has 0 aliphatic carbocycles. The van der Waals surface area contributed by atoms with E-state index in [1.54, 1.807) is 0 Å². The van der Waals surface area contributed by atoms with Crippen molar-refractivity contribution in [3.8, 4) is 0 Å². The van der Waals surface area contributed by atoms with E-state index in [1.165, 1.54) is 42.0 Å². The SMILES string of the molecule is CCC(C)c1ccc(NC2CCCSC2)cc1.